The highest BCUT2D eigenvalue weighted by Gasteiger charge is 2.25. The number of nitrogens with two attached hydrogens (primary N) is 1. The van der Waals surface area contributed by atoms with Crippen molar-refractivity contribution in [1.82, 2.24) is 9.97 Å². The highest BCUT2D eigenvalue weighted by atomic mass is 35.5. The molecule has 0 aromatic carbocycles. The van der Waals surface area contributed by atoms with Crippen LogP contribution >= 0.6 is 23.7 Å². The number of halogens is 1. The molecule has 0 unspecified atom stereocenters. The fourth-order valence-electron chi connectivity index (χ4n) is 3.25. The van der Waals surface area contributed by atoms with Gasteiger partial charge in [0.25, 0.3) is 0 Å². The lowest BCUT2D eigenvalue weighted by molar-refractivity contribution is -0.122. The Bertz CT molecular complexity index is 875. The van der Waals surface area contributed by atoms with Gasteiger partial charge in [-0.25, -0.2) is 4.98 Å². The topological polar surface area (TPSA) is 72.1 Å². The number of anilines is 1. The van der Waals surface area contributed by atoms with Gasteiger partial charge in [-0.15, -0.1) is 23.7 Å². The largest absolute Gasteiger partial charge is 0.370 e. The fourth-order valence-corrected chi connectivity index (χ4v) is 4.13. The molecule has 1 amide bonds. The molecular formula is C18H19ClN4OS. The van der Waals surface area contributed by atoms with E-state index in [-0.39, 0.29) is 24.2 Å². The van der Waals surface area contributed by atoms with E-state index in [4.69, 9.17) is 10.7 Å². The normalized spacial score (nSPS) is 15.1. The maximum absolute atomic E-state index is 11.4. The predicted octanol–water partition coefficient (Wildman–Crippen LogP) is 3.48. The van der Waals surface area contributed by atoms with Gasteiger partial charge in [0.15, 0.2) is 0 Å². The monoisotopic (exact) mass is 374 g/mol. The van der Waals surface area contributed by atoms with Crippen molar-refractivity contribution < 1.29 is 4.79 Å². The highest BCUT2D eigenvalue weighted by molar-refractivity contribution is 7.17. The average Bonchev–Trinajstić information content (AvgIpc) is 3.10. The summed E-state index contributed by atoms with van der Waals surface area (Å²) in [5.41, 5.74) is 9.68. The SMILES string of the molecule is Cl.NC(=O)C1CCN(c2cc(-c3ccncc3)nc3ccsc23)CC1. The number of piperidine rings is 1. The van der Waals surface area contributed by atoms with E-state index in [0.717, 1.165) is 42.7 Å². The van der Waals surface area contributed by atoms with Crippen LogP contribution in [0, 0.1) is 5.92 Å². The van der Waals surface area contributed by atoms with Crippen LogP contribution in [0.5, 0.6) is 0 Å². The first kappa shape index (κ1) is 17.6. The minimum Gasteiger partial charge on any atom is -0.370 e. The van der Waals surface area contributed by atoms with Crippen molar-refractivity contribution in [3.05, 3.63) is 42.0 Å². The third-order valence-electron chi connectivity index (χ3n) is 4.61. The molecule has 3 aromatic heterocycles. The van der Waals surface area contributed by atoms with Gasteiger partial charge in [-0.05, 0) is 42.5 Å². The average molecular weight is 375 g/mol. The molecule has 1 aliphatic heterocycles. The molecule has 5 nitrogen and oxygen atoms in total. The number of carbonyl (C=O) groups excluding carboxylic acids is 1. The van der Waals surface area contributed by atoms with E-state index in [2.05, 4.69) is 27.4 Å². The second-order valence-electron chi connectivity index (χ2n) is 6.06. The zero-order chi connectivity index (χ0) is 16.5. The molecule has 4 heterocycles. The number of amides is 1. The number of nitrogens with zero attached hydrogens (tertiary/aromatic N) is 3. The number of fused-ring (bicyclic) bond motifs is 1. The smallest absolute Gasteiger partial charge is 0.220 e. The molecule has 0 radical (unpaired) electrons. The first-order valence-corrected chi connectivity index (χ1v) is 8.93. The summed E-state index contributed by atoms with van der Waals surface area (Å²) in [5.74, 6) is -0.176. The molecule has 0 spiro atoms. The Hall–Kier alpha value is -2.18. The Kier molecular flexibility index (Phi) is 5.20. The lowest BCUT2D eigenvalue weighted by Crippen LogP contribution is -2.38. The summed E-state index contributed by atoms with van der Waals surface area (Å²) in [5, 5.41) is 2.08. The second-order valence-corrected chi connectivity index (χ2v) is 6.98. The molecule has 25 heavy (non-hydrogen) atoms. The Morgan fingerprint density at radius 1 is 1.20 bits per heavy atom. The van der Waals surface area contributed by atoms with Crippen LogP contribution in [0.15, 0.2) is 42.0 Å². The Morgan fingerprint density at radius 2 is 1.92 bits per heavy atom. The Balaban J connectivity index is 0.00000182. The number of primary amides is 1. The maximum Gasteiger partial charge on any atom is 0.220 e. The molecule has 1 aliphatic rings. The lowest BCUT2D eigenvalue weighted by atomic mass is 9.96. The number of carbonyl (C=O) groups is 1. The molecule has 3 aromatic rings. The summed E-state index contributed by atoms with van der Waals surface area (Å²) in [6.07, 6.45) is 5.20. The van der Waals surface area contributed by atoms with Gasteiger partial charge in [-0.2, -0.15) is 0 Å². The predicted molar refractivity (Wildman–Crippen MR) is 104 cm³/mol. The molecule has 4 rings (SSSR count). The van der Waals surface area contributed by atoms with Crippen LogP contribution in [-0.2, 0) is 4.79 Å². The van der Waals surface area contributed by atoms with Crippen molar-refractivity contribution in [3.8, 4) is 11.3 Å². The van der Waals surface area contributed by atoms with E-state index in [0.29, 0.717) is 0 Å². The van der Waals surface area contributed by atoms with Gasteiger partial charge in [0.2, 0.25) is 5.91 Å². The molecule has 0 aliphatic carbocycles. The van der Waals surface area contributed by atoms with Gasteiger partial charge in [-0.1, -0.05) is 0 Å². The third kappa shape index (κ3) is 3.45. The number of rotatable bonds is 3. The van der Waals surface area contributed by atoms with E-state index >= 15 is 0 Å². The molecular weight excluding hydrogens is 356 g/mol. The van der Waals surface area contributed by atoms with E-state index in [1.807, 2.05) is 12.1 Å². The number of hydrogen-bond donors (Lipinski definition) is 1. The standard InChI is InChI=1S/C18H18N4OS.ClH/c19-18(23)13-3-8-22(9-4-13)16-11-15(12-1-6-20-7-2-12)21-14-5-10-24-17(14)16;/h1-2,5-7,10-11,13H,3-4,8-9H2,(H2,19,23);1H. The van der Waals surface area contributed by atoms with E-state index in [1.54, 1.807) is 23.7 Å². The summed E-state index contributed by atoms with van der Waals surface area (Å²) in [4.78, 5) is 22.6. The van der Waals surface area contributed by atoms with Crippen LogP contribution < -0.4 is 10.6 Å². The quantitative estimate of drug-likeness (QED) is 0.761. The third-order valence-corrected chi connectivity index (χ3v) is 5.53. The van der Waals surface area contributed by atoms with Crippen molar-refractivity contribution in [2.24, 2.45) is 11.7 Å². The van der Waals surface area contributed by atoms with Gasteiger partial charge >= 0.3 is 0 Å². The van der Waals surface area contributed by atoms with Crippen molar-refractivity contribution in [3.63, 3.8) is 0 Å². The minimum atomic E-state index is -0.178. The van der Waals surface area contributed by atoms with Crippen LogP contribution in [0.25, 0.3) is 21.5 Å². The maximum atomic E-state index is 11.4. The van der Waals surface area contributed by atoms with Crippen LogP contribution in [0.4, 0.5) is 5.69 Å². The number of hydrogen-bond acceptors (Lipinski definition) is 5. The lowest BCUT2D eigenvalue weighted by Gasteiger charge is -2.32. The first-order valence-electron chi connectivity index (χ1n) is 8.05. The molecule has 0 saturated carbocycles. The van der Waals surface area contributed by atoms with Crippen molar-refractivity contribution in [1.29, 1.82) is 0 Å². The summed E-state index contributed by atoms with van der Waals surface area (Å²) >= 11 is 1.71. The number of aromatic nitrogens is 2. The summed E-state index contributed by atoms with van der Waals surface area (Å²) < 4.78 is 1.20. The number of pyridine rings is 2. The van der Waals surface area contributed by atoms with Crippen molar-refractivity contribution in [2.75, 3.05) is 18.0 Å². The van der Waals surface area contributed by atoms with Gasteiger partial charge < -0.3 is 10.6 Å². The molecule has 0 atom stereocenters. The van der Waals surface area contributed by atoms with Crippen LogP contribution in [0.1, 0.15) is 12.8 Å². The van der Waals surface area contributed by atoms with Crippen molar-refractivity contribution in [2.45, 2.75) is 12.8 Å². The summed E-state index contributed by atoms with van der Waals surface area (Å²) in [6.45, 7) is 1.70. The second kappa shape index (κ2) is 7.37. The molecule has 2 N–H and O–H groups in total. The zero-order valence-electron chi connectivity index (χ0n) is 13.6. The molecule has 1 fully saturated rings. The molecule has 1 saturated heterocycles. The summed E-state index contributed by atoms with van der Waals surface area (Å²) in [6, 6.07) is 8.16. The van der Waals surface area contributed by atoms with Crippen LogP contribution in [-0.4, -0.2) is 29.0 Å². The first-order chi connectivity index (χ1) is 11.7. The van der Waals surface area contributed by atoms with Gasteiger partial charge in [-0.3, -0.25) is 9.78 Å². The van der Waals surface area contributed by atoms with Crippen LogP contribution in [0.2, 0.25) is 0 Å². The van der Waals surface area contributed by atoms with E-state index in [9.17, 15) is 4.79 Å². The fraction of sp³-hybridized carbons (Fsp3) is 0.278. The van der Waals surface area contributed by atoms with Gasteiger partial charge in [0.05, 0.1) is 21.6 Å². The number of thiophene rings is 1. The zero-order valence-corrected chi connectivity index (χ0v) is 15.2. The van der Waals surface area contributed by atoms with Gasteiger partial charge in [0, 0.05) is 37.0 Å². The Morgan fingerprint density at radius 3 is 2.60 bits per heavy atom. The van der Waals surface area contributed by atoms with Crippen LogP contribution in [0.3, 0.4) is 0 Å². The van der Waals surface area contributed by atoms with Crippen molar-refractivity contribution >= 4 is 45.6 Å². The molecule has 0 bridgehead atoms. The minimum absolute atomic E-state index is 0. The molecule has 130 valence electrons. The highest BCUT2D eigenvalue weighted by Crippen LogP contribution is 2.36. The van der Waals surface area contributed by atoms with Gasteiger partial charge in [0.1, 0.15) is 0 Å². The Labute approximate surface area is 156 Å². The summed E-state index contributed by atoms with van der Waals surface area (Å²) in [7, 11) is 0. The van der Waals surface area contributed by atoms with E-state index < -0.39 is 0 Å². The molecule has 7 heteroatoms. The van der Waals surface area contributed by atoms with E-state index in [1.165, 1.54) is 10.4 Å².